The van der Waals surface area contributed by atoms with Crippen LogP contribution < -0.4 is 15.2 Å². The molecule has 0 aliphatic rings. The van der Waals surface area contributed by atoms with Crippen molar-refractivity contribution < 1.29 is 9.62 Å². The first-order valence-corrected chi connectivity index (χ1v) is 5.15. The number of rotatable bonds is 1. The van der Waals surface area contributed by atoms with Gasteiger partial charge in [-0.1, -0.05) is 35.0 Å². The smallest absolute Gasteiger partial charge is 0.360 e. The van der Waals surface area contributed by atoms with E-state index < -0.39 is 5.56 Å². The molecule has 0 saturated carbocycles. The van der Waals surface area contributed by atoms with Gasteiger partial charge in [-0.05, 0) is 5.56 Å². The van der Waals surface area contributed by atoms with Gasteiger partial charge in [-0.25, -0.2) is 4.79 Å². The molecule has 0 saturated heterocycles. The highest BCUT2D eigenvalue weighted by molar-refractivity contribution is 5.65. The first-order valence-electron chi connectivity index (χ1n) is 5.15. The van der Waals surface area contributed by atoms with Gasteiger partial charge in [0.2, 0.25) is 0 Å². The summed E-state index contributed by atoms with van der Waals surface area (Å²) in [5, 5.41) is 14.7. The van der Waals surface area contributed by atoms with Crippen LogP contribution in [-0.4, -0.2) is 9.73 Å². The number of benzene rings is 1. The van der Waals surface area contributed by atoms with Crippen molar-refractivity contribution in [2.45, 2.75) is 0 Å². The number of nitrogens with zero attached hydrogens (tertiary/aromatic N) is 2. The van der Waals surface area contributed by atoms with Crippen molar-refractivity contribution in [3.05, 3.63) is 59.1 Å². The summed E-state index contributed by atoms with van der Waals surface area (Å²) >= 11 is 0. The summed E-state index contributed by atoms with van der Waals surface area (Å²) in [4.78, 5) is 11.9. The van der Waals surface area contributed by atoms with Crippen LogP contribution in [0, 0.1) is 0 Å². The topological polar surface area (TPSA) is 64.4 Å². The Bertz CT molecular complexity index is 728. The zero-order valence-corrected chi connectivity index (χ0v) is 8.83. The molecular weight excluding hydrogens is 218 g/mol. The Kier molecular flexibility index (Phi) is 1.98. The van der Waals surface area contributed by atoms with Crippen molar-refractivity contribution in [1.29, 1.82) is 0 Å². The third-order valence-electron chi connectivity index (χ3n) is 2.61. The second kappa shape index (κ2) is 3.48. The molecule has 0 unspecified atom stereocenters. The lowest BCUT2D eigenvalue weighted by Crippen LogP contribution is -2.38. The van der Waals surface area contributed by atoms with Crippen LogP contribution in [0.25, 0.3) is 11.1 Å². The quantitative estimate of drug-likeness (QED) is 0.592. The highest BCUT2D eigenvalue weighted by atomic mass is 16.3. The van der Waals surface area contributed by atoms with Crippen molar-refractivity contribution in [1.82, 2.24) is 9.73 Å². The van der Waals surface area contributed by atoms with Crippen LogP contribution in [-0.2, 0) is 0 Å². The average Bonchev–Trinajstić information content (AvgIpc) is 2.78. The lowest BCUT2D eigenvalue weighted by molar-refractivity contribution is -0.672. The van der Waals surface area contributed by atoms with Gasteiger partial charge >= 0.3 is 5.56 Å². The monoisotopic (exact) mass is 227 g/mol. The van der Waals surface area contributed by atoms with Gasteiger partial charge in [0.25, 0.3) is 0 Å². The number of aromatic nitrogens is 3. The van der Waals surface area contributed by atoms with E-state index in [0.29, 0.717) is 5.56 Å². The Hall–Kier alpha value is -2.56. The molecule has 84 valence electrons. The van der Waals surface area contributed by atoms with Crippen molar-refractivity contribution >= 4 is 0 Å². The van der Waals surface area contributed by atoms with Crippen molar-refractivity contribution in [2.75, 3.05) is 0 Å². The molecule has 1 N–H and O–H groups in total. The lowest BCUT2D eigenvalue weighted by atomic mass is 10.1. The number of nitrogens with one attached hydrogen (secondary N) is 1. The van der Waals surface area contributed by atoms with Gasteiger partial charge in [-0.2, -0.15) is 0 Å². The summed E-state index contributed by atoms with van der Waals surface area (Å²) in [5.74, 6) is -0.329. The largest absolute Gasteiger partial charge is 0.840 e. The number of hydrogen-bond acceptors (Lipinski definition) is 2. The summed E-state index contributed by atoms with van der Waals surface area (Å²) in [6, 6.07) is 10.6. The van der Waals surface area contributed by atoms with E-state index in [9.17, 15) is 9.90 Å². The second-order valence-corrected chi connectivity index (χ2v) is 3.67. The van der Waals surface area contributed by atoms with E-state index in [4.69, 9.17) is 0 Å². The molecule has 5 heteroatoms. The molecule has 1 aromatic carbocycles. The van der Waals surface area contributed by atoms with E-state index in [1.165, 1.54) is 9.15 Å². The Labute approximate surface area is 96.2 Å². The van der Waals surface area contributed by atoms with Gasteiger partial charge in [0, 0.05) is 6.07 Å². The van der Waals surface area contributed by atoms with Crippen LogP contribution in [0.15, 0.2) is 53.6 Å². The molecule has 0 bridgehead atoms. The summed E-state index contributed by atoms with van der Waals surface area (Å²) in [7, 11) is 0. The van der Waals surface area contributed by atoms with E-state index >= 15 is 0 Å². The lowest BCUT2D eigenvalue weighted by Gasteiger charge is -2.08. The van der Waals surface area contributed by atoms with Crippen LogP contribution in [0.3, 0.4) is 0 Å². The maximum Gasteiger partial charge on any atom is 0.360 e. The fraction of sp³-hybridized carbons (Fsp3) is 0. The molecule has 2 aromatic heterocycles. The molecule has 3 rings (SSSR count). The van der Waals surface area contributed by atoms with Gasteiger partial charge < -0.3 is 5.11 Å². The van der Waals surface area contributed by atoms with Gasteiger partial charge in [0.1, 0.15) is 17.6 Å². The predicted molar refractivity (Wildman–Crippen MR) is 58.6 cm³/mol. The van der Waals surface area contributed by atoms with Gasteiger partial charge in [0.15, 0.2) is 0 Å². The molecule has 0 fully saturated rings. The summed E-state index contributed by atoms with van der Waals surface area (Å²) < 4.78 is 2.71. The zero-order chi connectivity index (χ0) is 11.8. The van der Waals surface area contributed by atoms with Gasteiger partial charge in [-0.3, -0.25) is 0 Å². The molecular formula is C12H9N3O2. The standard InChI is InChI=1S/C12H9N3O2/c16-11-10(9-5-2-1-3-6-9)12(17)14-7-4-8-15(14)13-11/h1-8H,(H-,13,16,17). The predicted octanol–water partition coefficient (Wildman–Crippen LogP) is -0.0463. The van der Waals surface area contributed by atoms with E-state index in [1.54, 1.807) is 42.7 Å². The molecule has 0 spiro atoms. The fourth-order valence-electron chi connectivity index (χ4n) is 1.83. The van der Waals surface area contributed by atoms with Crippen LogP contribution in [0.2, 0.25) is 0 Å². The molecule has 0 radical (unpaired) electrons. The normalized spacial score (nSPS) is 10.8. The highest BCUT2D eigenvalue weighted by Gasteiger charge is 2.12. The molecule has 3 aromatic rings. The molecule has 0 aliphatic carbocycles. The average molecular weight is 227 g/mol. The minimum absolute atomic E-state index is 0.154. The Balaban J connectivity index is 2.40. The minimum atomic E-state index is -0.391. The first-order chi connectivity index (χ1) is 8.27. The van der Waals surface area contributed by atoms with Crippen molar-refractivity contribution in [3.63, 3.8) is 0 Å². The second-order valence-electron chi connectivity index (χ2n) is 3.67. The number of H-pyrrole nitrogens is 1. The highest BCUT2D eigenvalue weighted by Crippen LogP contribution is 2.18. The van der Waals surface area contributed by atoms with E-state index in [1.807, 2.05) is 6.07 Å². The minimum Gasteiger partial charge on any atom is -0.840 e. The first kappa shape index (κ1) is 9.65. The molecule has 0 aliphatic heterocycles. The summed E-state index contributed by atoms with van der Waals surface area (Å²) in [6.07, 6.45) is 3.21. The SMILES string of the molecule is O=c1[nH]n2ccc[n+]2c([O-])c1-c1ccccc1. The number of aromatic amines is 1. The van der Waals surface area contributed by atoms with Crippen LogP contribution >= 0.6 is 0 Å². The van der Waals surface area contributed by atoms with Crippen molar-refractivity contribution in [2.24, 2.45) is 0 Å². The fourth-order valence-corrected chi connectivity index (χ4v) is 1.83. The molecule has 2 heterocycles. The van der Waals surface area contributed by atoms with E-state index in [-0.39, 0.29) is 11.4 Å². The molecule has 0 atom stereocenters. The third kappa shape index (κ3) is 1.40. The third-order valence-corrected chi connectivity index (χ3v) is 2.61. The maximum atomic E-state index is 12.1. The summed E-state index contributed by atoms with van der Waals surface area (Å²) in [5.41, 5.74) is 0.383. The van der Waals surface area contributed by atoms with Crippen molar-refractivity contribution in [3.8, 4) is 17.0 Å². The zero-order valence-electron chi connectivity index (χ0n) is 8.83. The van der Waals surface area contributed by atoms with Crippen LogP contribution in [0.5, 0.6) is 5.88 Å². The molecule has 0 amide bonds. The molecule has 17 heavy (non-hydrogen) atoms. The maximum absolute atomic E-state index is 12.1. The van der Waals surface area contributed by atoms with Gasteiger partial charge in [0.05, 0.1) is 6.20 Å². The Morgan fingerprint density at radius 3 is 2.71 bits per heavy atom. The van der Waals surface area contributed by atoms with E-state index in [2.05, 4.69) is 5.10 Å². The molecule has 5 nitrogen and oxygen atoms in total. The number of hydrogen-bond donors (Lipinski definition) is 1. The Morgan fingerprint density at radius 1 is 1.18 bits per heavy atom. The Morgan fingerprint density at radius 2 is 1.94 bits per heavy atom. The van der Waals surface area contributed by atoms with Crippen LogP contribution in [0.1, 0.15) is 0 Å². The van der Waals surface area contributed by atoms with Gasteiger partial charge in [-0.15, -0.1) is 9.61 Å². The summed E-state index contributed by atoms with van der Waals surface area (Å²) in [6.45, 7) is 0. The van der Waals surface area contributed by atoms with Crippen LogP contribution in [0.4, 0.5) is 0 Å². The number of fused-ring (bicyclic) bond motifs is 1. The van der Waals surface area contributed by atoms with E-state index in [0.717, 1.165) is 0 Å².